The Bertz CT molecular complexity index is 458. The van der Waals surface area contributed by atoms with Gasteiger partial charge in [-0.2, -0.15) is 8.78 Å². The minimum atomic E-state index is -2.90. The number of alkyl halides is 2. The number of likely N-dealkylation sites (tertiary alicyclic amines) is 1. The summed E-state index contributed by atoms with van der Waals surface area (Å²) in [5.74, 6) is 0.0151. The zero-order chi connectivity index (χ0) is 14.0. The maximum Gasteiger partial charge on any atom is 0.387 e. The van der Waals surface area contributed by atoms with Crippen LogP contribution in [-0.4, -0.2) is 36.5 Å². The Labute approximate surface area is 110 Å². The van der Waals surface area contributed by atoms with E-state index in [0.29, 0.717) is 18.7 Å². The lowest BCUT2D eigenvalue weighted by atomic mass is 10.1. The van der Waals surface area contributed by atoms with Crippen LogP contribution >= 0.6 is 0 Å². The van der Waals surface area contributed by atoms with Crippen molar-refractivity contribution in [3.63, 3.8) is 0 Å². The second-order valence-electron chi connectivity index (χ2n) is 4.76. The molecule has 1 amide bonds. The van der Waals surface area contributed by atoms with Gasteiger partial charge < -0.3 is 15.4 Å². The summed E-state index contributed by atoms with van der Waals surface area (Å²) in [6.07, 6.45) is 0. The van der Waals surface area contributed by atoms with Gasteiger partial charge in [-0.3, -0.25) is 4.79 Å². The minimum Gasteiger partial charge on any atom is -0.435 e. The molecule has 1 aromatic carbocycles. The second kappa shape index (κ2) is 5.52. The molecule has 0 spiro atoms. The van der Waals surface area contributed by atoms with Gasteiger partial charge in [0.2, 0.25) is 0 Å². The lowest BCUT2D eigenvalue weighted by Crippen LogP contribution is -2.32. The highest BCUT2D eigenvalue weighted by Gasteiger charge is 2.30. The SMILES string of the molecule is CC1CN(C(=O)c2cccc(OC(F)F)c2)CC1N. The third-order valence-corrected chi connectivity index (χ3v) is 3.26. The molecule has 1 heterocycles. The van der Waals surface area contributed by atoms with Gasteiger partial charge in [0.05, 0.1) is 0 Å². The van der Waals surface area contributed by atoms with Crippen molar-refractivity contribution in [2.24, 2.45) is 11.7 Å². The van der Waals surface area contributed by atoms with E-state index in [2.05, 4.69) is 4.74 Å². The van der Waals surface area contributed by atoms with Crippen LogP contribution in [0.4, 0.5) is 8.78 Å². The van der Waals surface area contributed by atoms with Crippen molar-refractivity contribution in [2.75, 3.05) is 13.1 Å². The highest BCUT2D eigenvalue weighted by atomic mass is 19.3. The third kappa shape index (κ3) is 3.20. The van der Waals surface area contributed by atoms with Gasteiger partial charge in [-0.05, 0) is 24.1 Å². The van der Waals surface area contributed by atoms with Gasteiger partial charge in [0.15, 0.2) is 0 Å². The van der Waals surface area contributed by atoms with Crippen molar-refractivity contribution in [3.8, 4) is 5.75 Å². The van der Waals surface area contributed by atoms with Crippen LogP contribution in [0.3, 0.4) is 0 Å². The van der Waals surface area contributed by atoms with E-state index in [1.807, 2.05) is 6.92 Å². The number of halogens is 2. The first-order chi connectivity index (χ1) is 8.97. The van der Waals surface area contributed by atoms with Crippen molar-refractivity contribution in [1.29, 1.82) is 0 Å². The lowest BCUT2D eigenvalue weighted by molar-refractivity contribution is -0.0499. The van der Waals surface area contributed by atoms with E-state index in [1.54, 1.807) is 11.0 Å². The molecule has 6 heteroatoms. The van der Waals surface area contributed by atoms with Crippen LogP contribution in [0, 0.1) is 5.92 Å². The molecule has 1 aliphatic heterocycles. The van der Waals surface area contributed by atoms with Gasteiger partial charge in [0.1, 0.15) is 5.75 Å². The number of ether oxygens (including phenoxy) is 1. The summed E-state index contributed by atoms with van der Waals surface area (Å²) < 4.78 is 28.5. The van der Waals surface area contributed by atoms with Gasteiger partial charge in [-0.15, -0.1) is 0 Å². The Balaban J connectivity index is 2.11. The van der Waals surface area contributed by atoms with Crippen LogP contribution in [0.1, 0.15) is 17.3 Å². The predicted molar refractivity (Wildman–Crippen MR) is 66.1 cm³/mol. The Hall–Kier alpha value is -1.69. The Morgan fingerprint density at radius 2 is 2.21 bits per heavy atom. The zero-order valence-corrected chi connectivity index (χ0v) is 10.6. The van der Waals surface area contributed by atoms with E-state index in [-0.39, 0.29) is 23.6 Å². The van der Waals surface area contributed by atoms with E-state index in [4.69, 9.17) is 5.73 Å². The Morgan fingerprint density at radius 1 is 1.47 bits per heavy atom. The monoisotopic (exact) mass is 270 g/mol. The maximum absolute atomic E-state index is 12.2. The van der Waals surface area contributed by atoms with Crippen LogP contribution in [0.25, 0.3) is 0 Å². The molecule has 2 N–H and O–H groups in total. The van der Waals surface area contributed by atoms with Crippen molar-refractivity contribution in [3.05, 3.63) is 29.8 Å². The fourth-order valence-corrected chi connectivity index (χ4v) is 2.15. The minimum absolute atomic E-state index is 0.0163. The topological polar surface area (TPSA) is 55.6 Å². The van der Waals surface area contributed by atoms with Crippen LogP contribution in [0.5, 0.6) is 5.75 Å². The summed E-state index contributed by atoms with van der Waals surface area (Å²) in [5, 5.41) is 0. The molecule has 0 aliphatic carbocycles. The number of hydrogen-bond donors (Lipinski definition) is 1. The molecule has 4 nitrogen and oxygen atoms in total. The first-order valence-corrected chi connectivity index (χ1v) is 6.07. The van der Waals surface area contributed by atoms with E-state index < -0.39 is 6.61 Å². The molecule has 0 saturated carbocycles. The first kappa shape index (κ1) is 13.7. The van der Waals surface area contributed by atoms with Crippen LogP contribution in [0.2, 0.25) is 0 Å². The summed E-state index contributed by atoms with van der Waals surface area (Å²) in [5.41, 5.74) is 6.20. The number of carbonyl (C=O) groups is 1. The molecule has 0 bridgehead atoms. The van der Waals surface area contributed by atoms with Crippen LogP contribution in [-0.2, 0) is 0 Å². The molecule has 2 rings (SSSR count). The Kier molecular flexibility index (Phi) is 3.99. The zero-order valence-electron chi connectivity index (χ0n) is 10.6. The van der Waals surface area contributed by atoms with Gasteiger partial charge in [0.25, 0.3) is 5.91 Å². The third-order valence-electron chi connectivity index (χ3n) is 3.26. The van der Waals surface area contributed by atoms with Crippen LogP contribution in [0.15, 0.2) is 24.3 Å². The molecule has 0 radical (unpaired) electrons. The molecule has 1 saturated heterocycles. The van der Waals surface area contributed by atoms with Gasteiger partial charge >= 0.3 is 6.61 Å². The van der Waals surface area contributed by atoms with Crippen molar-refractivity contribution >= 4 is 5.91 Å². The molecular formula is C13H16F2N2O2. The largest absolute Gasteiger partial charge is 0.435 e. The number of nitrogens with zero attached hydrogens (tertiary/aromatic N) is 1. The normalized spacial score (nSPS) is 22.9. The maximum atomic E-state index is 12.2. The second-order valence-corrected chi connectivity index (χ2v) is 4.76. The number of amides is 1. The fraction of sp³-hybridized carbons (Fsp3) is 0.462. The van der Waals surface area contributed by atoms with E-state index in [1.165, 1.54) is 18.2 Å². The summed E-state index contributed by atoms with van der Waals surface area (Å²) >= 11 is 0. The standard InChI is InChI=1S/C13H16F2N2O2/c1-8-6-17(7-11(8)16)12(18)9-3-2-4-10(5-9)19-13(14)15/h2-5,8,11,13H,6-7,16H2,1H3. The fourth-order valence-electron chi connectivity index (χ4n) is 2.15. The highest BCUT2D eigenvalue weighted by molar-refractivity contribution is 5.94. The summed E-state index contributed by atoms with van der Waals surface area (Å²) in [6, 6.07) is 5.77. The summed E-state index contributed by atoms with van der Waals surface area (Å²) in [7, 11) is 0. The smallest absolute Gasteiger partial charge is 0.387 e. The molecule has 1 fully saturated rings. The highest BCUT2D eigenvalue weighted by Crippen LogP contribution is 2.21. The molecule has 2 unspecified atom stereocenters. The molecular weight excluding hydrogens is 254 g/mol. The van der Waals surface area contributed by atoms with Crippen molar-refractivity contribution < 1.29 is 18.3 Å². The van der Waals surface area contributed by atoms with Crippen molar-refractivity contribution in [2.45, 2.75) is 19.6 Å². The molecule has 0 aromatic heterocycles. The average molecular weight is 270 g/mol. The molecule has 2 atom stereocenters. The number of rotatable bonds is 3. The van der Waals surface area contributed by atoms with Gasteiger partial charge in [-0.1, -0.05) is 13.0 Å². The number of nitrogens with two attached hydrogens (primary N) is 1. The predicted octanol–water partition coefficient (Wildman–Crippen LogP) is 1.71. The number of carbonyl (C=O) groups excluding carboxylic acids is 1. The van der Waals surface area contributed by atoms with Crippen molar-refractivity contribution in [1.82, 2.24) is 4.90 Å². The Morgan fingerprint density at radius 3 is 2.79 bits per heavy atom. The number of benzene rings is 1. The van der Waals surface area contributed by atoms with Crippen LogP contribution < -0.4 is 10.5 Å². The van der Waals surface area contributed by atoms with Gasteiger partial charge in [-0.25, -0.2) is 0 Å². The molecule has 1 aliphatic rings. The van der Waals surface area contributed by atoms with E-state index >= 15 is 0 Å². The first-order valence-electron chi connectivity index (χ1n) is 6.07. The van der Waals surface area contributed by atoms with E-state index in [0.717, 1.165) is 0 Å². The summed E-state index contributed by atoms with van der Waals surface area (Å²) in [4.78, 5) is 13.8. The van der Waals surface area contributed by atoms with Gasteiger partial charge in [0, 0.05) is 24.7 Å². The lowest BCUT2D eigenvalue weighted by Gasteiger charge is -2.16. The molecule has 104 valence electrons. The quantitative estimate of drug-likeness (QED) is 0.909. The molecule has 1 aromatic rings. The average Bonchev–Trinajstić information content (AvgIpc) is 2.68. The summed E-state index contributed by atoms with van der Waals surface area (Å²) in [6.45, 7) is 0.152. The number of hydrogen-bond acceptors (Lipinski definition) is 3. The van der Waals surface area contributed by atoms with E-state index in [9.17, 15) is 13.6 Å². The molecule has 19 heavy (non-hydrogen) atoms.